The minimum Gasteiger partial charge on any atom is -0.480 e. The van der Waals surface area contributed by atoms with Gasteiger partial charge in [-0.05, 0) is 32.1 Å². The van der Waals surface area contributed by atoms with Gasteiger partial charge in [-0.1, -0.05) is 0 Å². The average Bonchev–Trinajstić information content (AvgIpc) is 2.66. The maximum absolute atomic E-state index is 12.7. The summed E-state index contributed by atoms with van der Waals surface area (Å²) in [6.45, 7) is 2.62. The van der Waals surface area contributed by atoms with E-state index in [1.165, 1.54) is 38.3 Å². The van der Waals surface area contributed by atoms with Gasteiger partial charge in [-0.2, -0.15) is 5.26 Å². The zero-order valence-electron chi connectivity index (χ0n) is 12.8. The number of sulfone groups is 1. The number of aromatic nitrogens is 1. The Labute approximate surface area is 137 Å². The van der Waals surface area contributed by atoms with Crippen LogP contribution in [0.3, 0.4) is 0 Å². The largest absolute Gasteiger partial charge is 0.480 e. The first kappa shape index (κ1) is 16.1. The van der Waals surface area contributed by atoms with Crippen molar-refractivity contribution in [3.8, 4) is 6.07 Å². The maximum atomic E-state index is 12.7. The Morgan fingerprint density at radius 3 is 2.62 bits per heavy atom. The summed E-state index contributed by atoms with van der Waals surface area (Å²) >= 11 is 0. The highest BCUT2D eigenvalue weighted by Crippen LogP contribution is 2.48. The van der Waals surface area contributed by atoms with Gasteiger partial charge in [0, 0.05) is 6.20 Å². The molecular weight excluding hydrogens is 334 g/mol. The summed E-state index contributed by atoms with van der Waals surface area (Å²) in [5.41, 5.74) is 0.645. The lowest BCUT2D eigenvalue weighted by molar-refractivity contribution is -0.152. The lowest BCUT2D eigenvalue weighted by Gasteiger charge is -2.37. The van der Waals surface area contributed by atoms with Gasteiger partial charge < -0.3 is 10.0 Å². The number of β-lactam (4-membered cyclic amide) rings is 1. The third-order valence-electron chi connectivity index (χ3n) is 4.42. The number of hydrogen-bond acceptors (Lipinski definition) is 6. The van der Waals surface area contributed by atoms with Crippen LogP contribution in [0.1, 0.15) is 25.1 Å². The van der Waals surface area contributed by atoms with Gasteiger partial charge in [0.1, 0.15) is 10.8 Å². The number of carboxylic acids is 1. The van der Waals surface area contributed by atoms with E-state index in [-0.39, 0.29) is 5.57 Å². The van der Waals surface area contributed by atoms with Gasteiger partial charge in [-0.15, -0.1) is 0 Å². The van der Waals surface area contributed by atoms with Gasteiger partial charge in [0.15, 0.2) is 21.3 Å². The predicted molar refractivity (Wildman–Crippen MR) is 82.0 cm³/mol. The molecule has 0 aromatic carbocycles. The van der Waals surface area contributed by atoms with Crippen LogP contribution in [0.15, 0.2) is 23.9 Å². The Hall–Kier alpha value is -2.73. The van der Waals surface area contributed by atoms with Crippen LogP contribution in [0.5, 0.6) is 0 Å². The van der Waals surface area contributed by atoms with E-state index in [0.29, 0.717) is 11.3 Å². The lowest BCUT2D eigenvalue weighted by Crippen LogP contribution is -2.58. The number of fused-ring (bicyclic) bond motifs is 1. The number of pyridine rings is 1. The second-order valence-corrected chi connectivity index (χ2v) is 8.73. The van der Waals surface area contributed by atoms with Crippen LogP contribution in [-0.2, 0) is 19.4 Å². The van der Waals surface area contributed by atoms with Crippen molar-refractivity contribution < 1.29 is 23.1 Å². The molecule has 0 aliphatic carbocycles. The van der Waals surface area contributed by atoms with Crippen LogP contribution in [-0.4, -0.2) is 51.4 Å². The highest BCUT2D eigenvalue weighted by Gasteiger charge is 2.70. The van der Waals surface area contributed by atoms with E-state index in [0.717, 1.165) is 4.90 Å². The number of carbonyl (C=O) groups excluding carboxylic acids is 1. The van der Waals surface area contributed by atoms with Gasteiger partial charge in [0.25, 0.3) is 5.91 Å². The monoisotopic (exact) mass is 347 g/mol. The van der Waals surface area contributed by atoms with E-state index in [2.05, 4.69) is 4.98 Å². The number of amides is 1. The fourth-order valence-electron chi connectivity index (χ4n) is 3.06. The SMILES string of the molecule is CC1(C)[C@H](C(=O)O)N2C(=O)/C(=C/c3ccc(C#N)cn3)[C@@H]2S1(=O)=O. The van der Waals surface area contributed by atoms with Crippen LogP contribution in [0.25, 0.3) is 6.08 Å². The molecule has 0 spiro atoms. The number of aliphatic carboxylic acids is 1. The number of nitrogens with zero attached hydrogens (tertiary/aromatic N) is 3. The van der Waals surface area contributed by atoms with Crippen LogP contribution < -0.4 is 0 Å². The molecule has 2 fully saturated rings. The van der Waals surface area contributed by atoms with Crippen molar-refractivity contribution in [2.24, 2.45) is 0 Å². The second-order valence-electron chi connectivity index (χ2n) is 6.14. The first-order chi connectivity index (χ1) is 11.1. The molecule has 1 N–H and O–H groups in total. The van der Waals surface area contributed by atoms with E-state index in [1.54, 1.807) is 0 Å². The van der Waals surface area contributed by atoms with Crippen LogP contribution in [0, 0.1) is 11.3 Å². The van der Waals surface area contributed by atoms with Crippen molar-refractivity contribution >= 4 is 27.8 Å². The van der Waals surface area contributed by atoms with Crippen molar-refractivity contribution in [3.05, 3.63) is 35.2 Å². The molecule has 0 unspecified atom stereocenters. The Balaban J connectivity index is 2.06. The Kier molecular flexibility index (Phi) is 3.28. The maximum Gasteiger partial charge on any atom is 0.328 e. The Bertz CT molecular complexity index is 925. The Morgan fingerprint density at radius 2 is 2.12 bits per heavy atom. The number of hydrogen-bond donors (Lipinski definition) is 1. The molecule has 0 radical (unpaired) electrons. The summed E-state index contributed by atoms with van der Waals surface area (Å²) < 4.78 is 23.8. The topological polar surface area (TPSA) is 128 Å². The number of carboxylic acid groups (broad SMARTS) is 1. The minimum absolute atomic E-state index is 0.0102. The van der Waals surface area contributed by atoms with Crippen molar-refractivity contribution in [1.29, 1.82) is 5.26 Å². The molecule has 1 amide bonds. The quantitative estimate of drug-likeness (QED) is 0.596. The van der Waals surface area contributed by atoms with Crippen LogP contribution in [0.4, 0.5) is 0 Å². The molecule has 24 heavy (non-hydrogen) atoms. The van der Waals surface area contributed by atoms with Crippen molar-refractivity contribution in [2.75, 3.05) is 0 Å². The summed E-state index contributed by atoms with van der Waals surface area (Å²) in [4.78, 5) is 28.6. The second kappa shape index (κ2) is 4.88. The molecule has 3 rings (SSSR count). The molecular formula is C15H13N3O5S. The fraction of sp³-hybridized carbons (Fsp3) is 0.333. The normalized spacial score (nSPS) is 28.1. The molecule has 9 heteroatoms. The molecule has 1 aromatic rings. The molecule has 0 bridgehead atoms. The molecule has 2 saturated heterocycles. The van der Waals surface area contributed by atoms with Gasteiger partial charge in [0.05, 0.1) is 16.8 Å². The number of rotatable bonds is 2. The van der Waals surface area contributed by atoms with E-state index in [1.807, 2.05) is 6.07 Å². The molecule has 0 saturated carbocycles. The summed E-state index contributed by atoms with van der Waals surface area (Å²) in [5, 5.41) is 16.8. The summed E-state index contributed by atoms with van der Waals surface area (Å²) in [7, 11) is -3.90. The van der Waals surface area contributed by atoms with E-state index < -0.39 is 37.9 Å². The van der Waals surface area contributed by atoms with Crippen molar-refractivity contribution in [3.63, 3.8) is 0 Å². The molecule has 1 aromatic heterocycles. The van der Waals surface area contributed by atoms with E-state index in [9.17, 15) is 23.1 Å². The van der Waals surface area contributed by atoms with Crippen molar-refractivity contribution in [2.45, 2.75) is 30.0 Å². The van der Waals surface area contributed by atoms with Crippen LogP contribution >= 0.6 is 0 Å². The van der Waals surface area contributed by atoms with Gasteiger partial charge in [-0.3, -0.25) is 9.78 Å². The first-order valence-corrected chi connectivity index (χ1v) is 8.54. The number of carbonyl (C=O) groups is 2. The Morgan fingerprint density at radius 1 is 1.46 bits per heavy atom. The third kappa shape index (κ3) is 1.89. The molecule has 3 heterocycles. The molecule has 2 atom stereocenters. The van der Waals surface area contributed by atoms with E-state index in [4.69, 9.17) is 5.26 Å². The highest BCUT2D eigenvalue weighted by molar-refractivity contribution is 7.94. The molecule has 8 nitrogen and oxygen atoms in total. The van der Waals surface area contributed by atoms with Gasteiger partial charge in [0.2, 0.25) is 0 Å². The summed E-state index contributed by atoms with van der Waals surface area (Å²) in [6.07, 6.45) is 2.63. The van der Waals surface area contributed by atoms with Crippen LogP contribution in [0.2, 0.25) is 0 Å². The fourth-order valence-corrected chi connectivity index (χ4v) is 5.18. The van der Waals surface area contributed by atoms with Crippen molar-refractivity contribution in [1.82, 2.24) is 9.88 Å². The molecule has 2 aliphatic rings. The summed E-state index contributed by atoms with van der Waals surface area (Å²) in [6, 6.07) is 3.46. The molecule has 124 valence electrons. The van der Waals surface area contributed by atoms with Gasteiger partial charge >= 0.3 is 5.97 Å². The zero-order chi connectivity index (χ0) is 17.9. The predicted octanol–water partition coefficient (Wildman–Crippen LogP) is 0.165. The summed E-state index contributed by atoms with van der Waals surface area (Å²) in [5.74, 6) is -1.98. The highest BCUT2D eigenvalue weighted by atomic mass is 32.2. The smallest absolute Gasteiger partial charge is 0.328 e. The molecule has 2 aliphatic heterocycles. The first-order valence-electron chi connectivity index (χ1n) is 6.99. The average molecular weight is 347 g/mol. The third-order valence-corrected chi connectivity index (χ3v) is 7.18. The lowest BCUT2D eigenvalue weighted by atomic mass is 9.95. The van der Waals surface area contributed by atoms with E-state index >= 15 is 0 Å². The standard InChI is InChI=1S/C15H13N3O5S/c1-15(2)11(14(20)21)18-12(19)10(13(18)24(15,22)23)5-9-4-3-8(6-16)7-17-9/h3-5,7,11,13H,1-2H3,(H,20,21)/b10-5-/t11-,13-/m0/s1. The minimum atomic E-state index is -3.90. The number of nitriles is 1. The zero-order valence-corrected chi connectivity index (χ0v) is 13.6. The van der Waals surface area contributed by atoms with Gasteiger partial charge in [-0.25, -0.2) is 13.2 Å².